The fourth-order valence-electron chi connectivity index (χ4n) is 7.03. The maximum Gasteiger partial charge on any atom is 0.229 e. The van der Waals surface area contributed by atoms with Crippen LogP contribution in [0.2, 0.25) is 0 Å². The number of methoxy groups -OCH3 is 1. The van der Waals surface area contributed by atoms with E-state index in [2.05, 4.69) is 68.5 Å². The summed E-state index contributed by atoms with van der Waals surface area (Å²) in [6, 6.07) is 9.47. The van der Waals surface area contributed by atoms with Crippen LogP contribution in [0.15, 0.2) is 42.9 Å². The molecule has 0 amide bonds. The molecule has 0 unspecified atom stereocenters. The zero-order valence-corrected chi connectivity index (χ0v) is 29.2. The second-order valence-electron chi connectivity index (χ2n) is 13.9. The van der Waals surface area contributed by atoms with E-state index in [1.807, 2.05) is 18.3 Å². The van der Waals surface area contributed by atoms with Crippen LogP contribution in [-0.4, -0.2) is 103 Å². The topological polar surface area (TPSA) is 112 Å². The van der Waals surface area contributed by atoms with Crippen LogP contribution in [0.1, 0.15) is 42.7 Å². The van der Waals surface area contributed by atoms with Gasteiger partial charge >= 0.3 is 0 Å². The third kappa shape index (κ3) is 6.53. The molecule has 0 radical (unpaired) electrons. The highest BCUT2D eigenvalue weighted by Gasteiger charge is 2.35. The van der Waals surface area contributed by atoms with Gasteiger partial charge in [0.15, 0.2) is 0 Å². The second-order valence-corrected chi connectivity index (χ2v) is 17.0. The average molecular weight is 656 g/mol. The molecule has 248 valence electrons. The molecule has 2 N–H and O–H groups in total. The van der Waals surface area contributed by atoms with E-state index >= 15 is 0 Å². The number of nitrogens with zero attached hydrogens (tertiary/aromatic N) is 7. The van der Waals surface area contributed by atoms with Crippen LogP contribution < -0.4 is 25.6 Å². The number of rotatable bonds is 10. The van der Waals surface area contributed by atoms with Gasteiger partial charge in [0.05, 0.1) is 29.3 Å². The van der Waals surface area contributed by atoms with Crippen LogP contribution in [0, 0.1) is 6.92 Å². The molecule has 12 heteroatoms. The SMILES string of the molecule is COc1cc(N2CCC(N3CC(N(C)C)C3)CC2)c(C)cc1Nc1ncc(C2CC2)c(Nc2ccc3nccnc3c2P(C)(C)=O)n1. The van der Waals surface area contributed by atoms with Crippen molar-refractivity contribution in [1.29, 1.82) is 0 Å². The number of hydrogen-bond donors (Lipinski definition) is 2. The first-order valence-corrected chi connectivity index (χ1v) is 19.2. The minimum absolute atomic E-state index is 0.404. The fourth-order valence-corrected chi connectivity index (χ4v) is 8.42. The highest BCUT2D eigenvalue weighted by molar-refractivity contribution is 7.71. The zero-order chi connectivity index (χ0) is 32.9. The highest BCUT2D eigenvalue weighted by Crippen LogP contribution is 2.45. The summed E-state index contributed by atoms with van der Waals surface area (Å²) in [5, 5.41) is 7.65. The number of ether oxygens (including phenoxy) is 1. The standard InChI is InChI=1S/C35H46N9O2P/c1-22-17-29(31(46-4)18-30(22)43-15-11-24(12-16-43)44-20-25(21-44)42(2)3)40-35-38-19-26(23-7-8-23)34(41-35)39-28-10-9-27-32(37-14-13-36-27)33(28)47(5,6)45/h9-10,13-14,17-19,23-25H,7-8,11-12,15-16,20-21H2,1-6H3,(H2,38,39,40,41). The summed E-state index contributed by atoms with van der Waals surface area (Å²) in [5.41, 5.74) is 6.36. The Balaban J connectivity index is 1.12. The van der Waals surface area contributed by atoms with E-state index < -0.39 is 7.14 Å². The lowest BCUT2D eigenvalue weighted by Gasteiger charge is -2.49. The van der Waals surface area contributed by atoms with Crippen LogP contribution in [0.4, 0.5) is 28.8 Å². The highest BCUT2D eigenvalue weighted by atomic mass is 31.2. The lowest BCUT2D eigenvalue weighted by atomic mass is 9.96. The number of benzene rings is 2. The van der Waals surface area contributed by atoms with Crippen molar-refractivity contribution in [3.63, 3.8) is 0 Å². The third-order valence-electron chi connectivity index (χ3n) is 9.95. The first-order chi connectivity index (χ1) is 22.6. The first kappa shape index (κ1) is 31.8. The predicted octanol–water partition coefficient (Wildman–Crippen LogP) is 5.56. The minimum Gasteiger partial charge on any atom is -0.494 e. The summed E-state index contributed by atoms with van der Waals surface area (Å²) in [6.45, 7) is 10.1. The van der Waals surface area contributed by atoms with Crippen molar-refractivity contribution in [1.82, 2.24) is 29.7 Å². The van der Waals surface area contributed by atoms with Gasteiger partial charge in [-0.3, -0.25) is 14.9 Å². The number of aromatic nitrogens is 4. The Morgan fingerprint density at radius 2 is 1.70 bits per heavy atom. The molecule has 2 aromatic heterocycles. The largest absolute Gasteiger partial charge is 0.494 e. The maximum atomic E-state index is 13.5. The smallest absolute Gasteiger partial charge is 0.229 e. The molecule has 1 aliphatic carbocycles. The molecule has 1 saturated carbocycles. The Labute approximate surface area is 277 Å². The van der Waals surface area contributed by atoms with Gasteiger partial charge in [0, 0.05) is 74.2 Å². The van der Waals surface area contributed by atoms with Gasteiger partial charge in [-0.15, -0.1) is 0 Å². The Hall–Kier alpha value is -3.79. The van der Waals surface area contributed by atoms with E-state index in [9.17, 15) is 4.57 Å². The number of anilines is 5. The average Bonchev–Trinajstić information content (AvgIpc) is 3.86. The van der Waals surface area contributed by atoms with Crippen molar-refractivity contribution in [3.05, 3.63) is 54.0 Å². The first-order valence-electron chi connectivity index (χ1n) is 16.6. The van der Waals surface area contributed by atoms with Gasteiger partial charge in [-0.25, -0.2) is 4.98 Å². The molecule has 2 aromatic carbocycles. The van der Waals surface area contributed by atoms with E-state index in [0.29, 0.717) is 46.1 Å². The van der Waals surface area contributed by atoms with Crippen molar-refractivity contribution in [3.8, 4) is 5.75 Å². The quantitative estimate of drug-likeness (QED) is 0.209. The predicted molar refractivity (Wildman–Crippen MR) is 191 cm³/mol. The molecule has 4 heterocycles. The van der Waals surface area contributed by atoms with Crippen molar-refractivity contribution >= 4 is 52.3 Å². The Kier molecular flexibility index (Phi) is 8.57. The normalized spacial score (nSPS) is 18.1. The van der Waals surface area contributed by atoms with Crippen molar-refractivity contribution in [2.45, 2.75) is 50.6 Å². The van der Waals surface area contributed by atoms with E-state index in [0.717, 1.165) is 48.6 Å². The molecule has 2 saturated heterocycles. The molecule has 47 heavy (non-hydrogen) atoms. The Bertz CT molecular complexity index is 1830. The number of fused-ring (bicyclic) bond motifs is 1. The maximum absolute atomic E-state index is 13.5. The van der Waals surface area contributed by atoms with E-state index in [1.54, 1.807) is 32.8 Å². The van der Waals surface area contributed by atoms with Gasteiger partial charge in [-0.1, -0.05) is 0 Å². The van der Waals surface area contributed by atoms with Crippen LogP contribution in [0.3, 0.4) is 0 Å². The number of likely N-dealkylation sites (N-methyl/N-ethyl adjacent to an activating group) is 1. The summed E-state index contributed by atoms with van der Waals surface area (Å²) in [7, 11) is 3.34. The van der Waals surface area contributed by atoms with Gasteiger partial charge < -0.3 is 29.7 Å². The summed E-state index contributed by atoms with van der Waals surface area (Å²) in [5.74, 6) is 2.33. The molecule has 3 aliphatic rings. The molecule has 7 rings (SSSR count). The van der Waals surface area contributed by atoms with Crippen LogP contribution in [0.25, 0.3) is 11.0 Å². The van der Waals surface area contributed by atoms with Gasteiger partial charge in [-0.2, -0.15) is 4.98 Å². The van der Waals surface area contributed by atoms with Crippen LogP contribution >= 0.6 is 7.14 Å². The zero-order valence-electron chi connectivity index (χ0n) is 28.3. The Morgan fingerprint density at radius 3 is 2.38 bits per heavy atom. The molecule has 2 aliphatic heterocycles. The van der Waals surface area contributed by atoms with Gasteiger partial charge in [0.2, 0.25) is 5.95 Å². The molecular weight excluding hydrogens is 609 g/mol. The number of aryl methyl sites for hydroxylation is 1. The van der Waals surface area contributed by atoms with Gasteiger partial charge in [0.1, 0.15) is 24.2 Å². The van der Waals surface area contributed by atoms with Crippen molar-refractivity contribution in [2.24, 2.45) is 0 Å². The van der Waals surface area contributed by atoms with E-state index in [-0.39, 0.29) is 0 Å². The van der Waals surface area contributed by atoms with Crippen LogP contribution in [-0.2, 0) is 4.57 Å². The minimum atomic E-state index is -2.72. The lowest BCUT2D eigenvalue weighted by molar-refractivity contribution is 0.0188. The van der Waals surface area contributed by atoms with E-state index in [4.69, 9.17) is 14.7 Å². The molecule has 11 nitrogen and oxygen atoms in total. The molecule has 0 atom stereocenters. The van der Waals surface area contributed by atoms with Gasteiger partial charge in [0.25, 0.3) is 0 Å². The molecule has 0 spiro atoms. The van der Waals surface area contributed by atoms with E-state index in [1.165, 1.54) is 37.2 Å². The number of likely N-dealkylation sites (tertiary alicyclic amines) is 1. The number of hydrogen-bond acceptors (Lipinski definition) is 11. The third-order valence-corrected chi connectivity index (χ3v) is 11.5. The summed E-state index contributed by atoms with van der Waals surface area (Å²) in [4.78, 5) is 26.2. The molecule has 3 fully saturated rings. The van der Waals surface area contributed by atoms with Crippen molar-refractivity contribution in [2.75, 3.05) is 76.2 Å². The summed E-state index contributed by atoms with van der Waals surface area (Å²) in [6.07, 6.45) is 9.75. The second kappa shape index (κ2) is 12.7. The van der Waals surface area contributed by atoms with Crippen molar-refractivity contribution < 1.29 is 9.30 Å². The molecule has 0 bridgehead atoms. The van der Waals surface area contributed by atoms with Crippen LogP contribution in [0.5, 0.6) is 5.75 Å². The summed E-state index contributed by atoms with van der Waals surface area (Å²) >= 11 is 0. The molecule has 4 aromatic rings. The summed E-state index contributed by atoms with van der Waals surface area (Å²) < 4.78 is 19.4. The Morgan fingerprint density at radius 1 is 0.957 bits per heavy atom. The van der Waals surface area contributed by atoms with Gasteiger partial charge in [-0.05, 0) is 89.7 Å². The monoisotopic (exact) mass is 655 g/mol. The number of piperidine rings is 1. The number of nitrogens with one attached hydrogen (secondary N) is 2. The lowest BCUT2D eigenvalue weighted by Crippen LogP contribution is -2.62. The fraction of sp³-hybridized carbons (Fsp3) is 0.486. The molecular formula is C35H46N9O2P.